The molecule has 116 valence electrons. The van der Waals surface area contributed by atoms with Crippen LogP contribution in [-0.4, -0.2) is 44.9 Å². The lowest BCUT2D eigenvalue weighted by molar-refractivity contribution is -0.148. The molecule has 1 aliphatic heterocycles. The van der Waals surface area contributed by atoms with Crippen LogP contribution in [0.3, 0.4) is 0 Å². The molecule has 1 saturated heterocycles. The lowest BCUT2D eigenvalue weighted by Crippen LogP contribution is -2.41. The summed E-state index contributed by atoms with van der Waals surface area (Å²) < 4.78 is 1.67. The van der Waals surface area contributed by atoms with Crippen LogP contribution >= 0.6 is 0 Å². The van der Waals surface area contributed by atoms with Gasteiger partial charge in [-0.15, -0.1) is 0 Å². The number of carboxylic acid groups (broad SMARTS) is 1. The molecule has 1 aromatic heterocycles. The molecule has 1 atom stereocenters. The van der Waals surface area contributed by atoms with Crippen molar-refractivity contribution in [2.45, 2.75) is 32.7 Å². The molecule has 0 aromatic carbocycles. The van der Waals surface area contributed by atoms with Gasteiger partial charge in [-0.05, 0) is 18.9 Å². The van der Waals surface area contributed by atoms with Crippen LogP contribution in [0.1, 0.15) is 31.9 Å². The van der Waals surface area contributed by atoms with E-state index in [4.69, 9.17) is 0 Å². The maximum Gasteiger partial charge on any atom is 0.317 e. The normalized spacial score (nSPS) is 21.5. The summed E-state index contributed by atoms with van der Waals surface area (Å²) in [6, 6.07) is 1.61. The predicted molar refractivity (Wildman–Crippen MR) is 76.6 cm³/mol. The number of carbonyl (C=O) groups is 2. The van der Waals surface area contributed by atoms with Crippen molar-refractivity contribution < 1.29 is 14.7 Å². The average Bonchev–Trinajstić information content (AvgIpc) is 3.04. The average molecular weight is 294 g/mol. The first-order valence-corrected chi connectivity index (χ1v) is 7.21. The maximum absolute atomic E-state index is 12.1. The third-order valence-corrected chi connectivity index (χ3v) is 4.01. The van der Waals surface area contributed by atoms with Gasteiger partial charge in [0.05, 0.1) is 17.7 Å². The molecule has 0 radical (unpaired) electrons. The zero-order valence-electron chi connectivity index (χ0n) is 12.5. The highest BCUT2D eigenvalue weighted by Gasteiger charge is 2.45. The van der Waals surface area contributed by atoms with Crippen molar-refractivity contribution in [3.8, 4) is 0 Å². The molecule has 1 aromatic rings. The van der Waals surface area contributed by atoms with E-state index < -0.39 is 11.4 Å². The molecule has 2 amide bonds. The van der Waals surface area contributed by atoms with Gasteiger partial charge in [0.2, 0.25) is 0 Å². The van der Waals surface area contributed by atoms with Gasteiger partial charge >= 0.3 is 12.0 Å². The molecule has 7 nitrogen and oxygen atoms in total. The van der Waals surface area contributed by atoms with E-state index in [2.05, 4.69) is 10.4 Å². The Balaban J connectivity index is 1.91. The van der Waals surface area contributed by atoms with Gasteiger partial charge in [0.15, 0.2) is 0 Å². The first-order chi connectivity index (χ1) is 9.97. The molecule has 0 spiro atoms. The van der Waals surface area contributed by atoms with Crippen LogP contribution < -0.4 is 5.32 Å². The number of rotatable bonds is 5. The number of carbonyl (C=O) groups excluding carboxylic acids is 1. The second kappa shape index (κ2) is 6.15. The fraction of sp³-hybridized carbons (Fsp3) is 0.643. The van der Waals surface area contributed by atoms with E-state index in [1.165, 1.54) is 0 Å². The van der Waals surface area contributed by atoms with E-state index in [1.54, 1.807) is 9.58 Å². The number of aliphatic carboxylic acids is 1. The van der Waals surface area contributed by atoms with Gasteiger partial charge in [0.25, 0.3) is 0 Å². The molecule has 1 aliphatic rings. The van der Waals surface area contributed by atoms with Crippen LogP contribution in [0, 0.1) is 5.41 Å². The van der Waals surface area contributed by atoms with Gasteiger partial charge < -0.3 is 15.3 Å². The van der Waals surface area contributed by atoms with Crippen LogP contribution in [0.2, 0.25) is 0 Å². The van der Waals surface area contributed by atoms with Gasteiger partial charge in [-0.2, -0.15) is 5.10 Å². The summed E-state index contributed by atoms with van der Waals surface area (Å²) in [5.41, 5.74) is -0.0000168. The van der Waals surface area contributed by atoms with E-state index in [1.807, 2.05) is 26.2 Å². The van der Waals surface area contributed by atoms with Crippen LogP contribution in [-0.2, 0) is 18.4 Å². The molecular formula is C14H22N4O3. The molecule has 0 saturated carbocycles. The second-order valence-corrected chi connectivity index (χ2v) is 5.65. The summed E-state index contributed by atoms with van der Waals surface area (Å²) in [6.07, 6.45) is 3.74. The summed E-state index contributed by atoms with van der Waals surface area (Å²) in [5.74, 6) is -0.802. The smallest absolute Gasteiger partial charge is 0.317 e. The van der Waals surface area contributed by atoms with Crippen molar-refractivity contribution in [3.05, 3.63) is 18.0 Å². The minimum absolute atomic E-state index is 0.222. The molecular weight excluding hydrogens is 272 g/mol. The second-order valence-electron chi connectivity index (χ2n) is 5.65. The Morgan fingerprint density at radius 1 is 1.52 bits per heavy atom. The Kier molecular flexibility index (Phi) is 4.50. The number of aryl methyl sites for hydroxylation is 1. The number of hydrogen-bond donors (Lipinski definition) is 2. The number of amides is 2. The number of likely N-dealkylation sites (tertiary alicyclic amines) is 1. The van der Waals surface area contributed by atoms with Gasteiger partial charge in [-0.3, -0.25) is 9.48 Å². The standard InChI is InChI=1S/C14H22N4O3/c1-3-5-14(12(19)20)6-8-18(10-14)13(21)15-9-11-4-7-17(2)16-11/h4,7H,3,5-6,8-10H2,1-2H3,(H,15,21)(H,19,20). The fourth-order valence-corrected chi connectivity index (χ4v) is 2.85. The minimum atomic E-state index is -0.802. The van der Waals surface area contributed by atoms with Crippen molar-refractivity contribution in [2.24, 2.45) is 12.5 Å². The monoisotopic (exact) mass is 294 g/mol. The van der Waals surface area contributed by atoms with Crippen molar-refractivity contribution in [2.75, 3.05) is 13.1 Å². The molecule has 1 unspecified atom stereocenters. The topological polar surface area (TPSA) is 87.5 Å². The largest absolute Gasteiger partial charge is 0.481 e. The molecule has 0 aliphatic carbocycles. The number of carboxylic acids is 1. The minimum Gasteiger partial charge on any atom is -0.481 e. The van der Waals surface area contributed by atoms with Crippen LogP contribution in [0.25, 0.3) is 0 Å². The molecule has 2 rings (SSSR count). The van der Waals surface area contributed by atoms with Crippen LogP contribution in [0.15, 0.2) is 12.3 Å². The van der Waals surface area contributed by atoms with E-state index in [0.29, 0.717) is 25.9 Å². The zero-order chi connectivity index (χ0) is 15.5. The van der Waals surface area contributed by atoms with E-state index in [9.17, 15) is 14.7 Å². The summed E-state index contributed by atoms with van der Waals surface area (Å²) in [7, 11) is 1.82. The number of nitrogens with zero attached hydrogens (tertiary/aromatic N) is 3. The van der Waals surface area contributed by atoms with Gasteiger partial charge in [0.1, 0.15) is 0 Å². The third kappa shape index (κ3) is 3.34. The molecule has 0 bridgehead atoms. The number of aromatic nitrogens is 2. The summed E-state index contributed by atoms with van der Waals surface area (Å²) in [6.45, 7) is 3.09. The summed E-state index contributed by atoms with van der Waals surface area (Å²) in [5, 5.41) is 16.4. The van der Waals surface area contributed by atoms with Gasteiger partial charge in [-0.25, -0.2) is 4.79 Å². The Bertz CT molecular complexity index is 528. The Morgan fingerprint density at radius 3 is 2.86 bits per heavy atom. The van der Waals surface area contributed by atoms with Crippen LogP contribution in [0.5, 0.6) is 0 Å². The molecule has 21 heavy (non-hydrogen) atoms. The lowest BCUT2D eigenvalue weighted by atomic mass is 9.83. The quantitative estimate of drug-likeness (QED) is 0.854. The number of urea groups is 1. The highest BCUT2D eigenvalue weighted by molar-refractivity contribution is 5.79. The Labute approximate surface area is 123 Å². The molecule has 7 heteroatoms. The van der Waals surface area contributed by atoms with Gasteiger partial charge in [-0.1, -0.05) is 13.3 Å². The highest BCUT2D eigenvalue weighted by Crippen LogP contribution is 2.35. The maximum atomic E-state index is 12.1. The van der Waals surface area contributed by atoms with Gasteiger partial charge in [0, 0.05) is 26.3 Å². The van der Waals surface area contributed by atoms with Crippen LogP contribution in [0.4, 0.5) is 4.79 Å². The highest BCUT2D eigenvalue weighted by atomic mass is 16.4. The Morgan fingerprint density at radius 2 is 2.29 bits per heavy atom. The summed E-state index contributed by atoms with van der Waals surface area (Å²) in [4.78, 5) is 25.2. The van der Waals surface area contributed by atoms with Crippen molar-refractivity contribution >= 4 is 12.0 Å². The fourth-order valence-electron chi connectivity index (χ4n) is 2.85. The molecule has 1 fully saturated rings. The van der Waals surface area contributed by atoms with E-state index >= 15 is 0 Å². The first-order valence-electron chi connectivity index (χ1n) is 7.21. The molecule has 2 heterocycles. The first kappa shape index (κ1) is 15.3. The van der Waals surface area contributed by atoms with Crippen molar-refractivity contribution in [1.82, 2.24) is 20.0 Å². The predicted octanol–water partition coefficient (Wildman–Crippen LogP) is 1.21. The Hall–Kier alpha value is -2.05. The third-order valence-electron chi connectivity index (χ3n) is 4.01. The number of hydrogen-bond acceptors (Lipinski definition) is 3. The lowest BCUT2D eigenvalue weighted by Gasteiger charge is -2.24. The molecule has 2 N–H and O–H groups in total. The summed E-state index contributed by atoms with van der Waals surface area (Å²) >= 11 is 0. The zero-order valence-corrected chi connectivity index (χ0v) is 12.5. The van der Waals surface area contributed by atoms with E-state index in [0.717, 1.165) is 12.1 Å². The van der Waals surface area contributed by atoms with Crippen molar-refractivity contribution in [1.29, 1.82) is 0 Å². The number of nitrogens with one attached hydrogen (secondary N) is 1. The SMILES string of the molecule is CCCC1(C(=O)O)CCN(C(=O)NCc2ccn(C)n2)C1. The van der Waals surface area contributed by atoms with E-state index in [-0.39, 0.29) is 12.6 Å². The van der Waals surface area contributed by atoms with Crippen molar-refractivity contribution in [3.63, 3.8) is 0 Å².